The highest BCUT2D eigenvalue weighted by atomic mass is 32.2. The number of benzene rings is 1. The molecule has 2 aliphatic rings. The van der Waals surface area contributed by atoms with E-state index in [2.05, 4.69) is 4.90 Å². The number of hydrogen-bond acceptors (Lipinski definition) is 4. The monoisotopic (exact) mass is 281 g/mol. The van der Waals surface area contributed by atoms with Crippen molar-refractivity contribution in [3.05, 3.63) is 29.3 Å². The second-order valence-corrected chi connectivity index (χ2v) is 6.39. The summed E-state index contributed by atoms with van der Waals surface area (Å²) in [4.78, 5) is 3.07. The molecule has 19 heavy (non-hydrogen) atoms. The smallest absolute Gasteiger partial charge is 0.122 e. The lowest BCUT2D eigenvalue weighted by Gasteiger charge is -2.33. The van der Waals surface area contributed by atoms with E-state index in [4.69, 9.17) is 15.6 Å². The average Bonchev–Trinajstić information content (AvgIpc) is 2.81. The summed E-state index contributed by atoms with van der Waals surface area (Å²) in [5.74, 6) is 0. The lowest BCUT2D eigenvalue weighted by Crippen LogP contribution is -2.46. The van der Waals surface area contributed by atoms with E-state index < -0.39 is 11.0 Å². The highest BCUT2D eigenvalue weighted by Crippen LogP contribution is 2.28. The van der Waals surface area contributed by atoms with Crippen molar-refractivity contribution < 1.29 is 8.95 Å². The molecule has 0 radical (unpaired) electrons. The van der Waals surface area contributed by atoms with Crippen molar-refractivity contribution in [2.75, 3.05) is 13.2 Å². The molecule has 3 atom stereocenters. The summed E-state index contributed by atoms with van der Waals surface area (Å²) >= 11 is 0. The van der Waals surface area contributed by atoms with Gasteiger partial charge in [0, 0.05) is 25.2 Å². The van der Waals surface area contributed by atoms with Gasteiger partial charge in [-0.15, -0.1) is 0 Å². The molecular formula is C13H19N3O2S. The van der Waals surface area contributed by atoms with Crippen LogP contribution in [0.4, 0.5) is 0 Å². The maximum atomic E-state index is 11.3. The van der Waals surface area contributed by atoms with E-state index in [1.165, 1.54) is 11.1 Å². The largest absolute Gasteiger partial charge is 0.378 e. The zero-order chi connectivity index (χ0) is 13.4. The quantitative estimate of drug-likeness (QED) is 0.805. The molecule has 5 nitrogen and oxygen atoms in total. The van der Waals surface area contributed by atoms with Crippen LogP contribution in [0.3, 0.4) is 0 Å². The molecule has 2 heterocycles. The molecule has 2 aliphatic heterocycles. The predicted octanol–water partition coefficient (Wildman–Crippen LogP) is 0.0997. The van der Waals surface area contributed by atoms with Crippen LogP contribution >= 0.6 is 0 Å². The summed E-state index contributed by atoms with van der Waals surface area (Å²) < 4.78 is 16.8. The molecule has 4 N–H and O–H groups in total. The molecule has 0 saturated carbocycles. The first-order valence-electron chi connectivity index (χ1n) is 6.49. The van der Waals surface area contributed by atoms with Crippen molar-refractivity contribution >= 4 is 11.0 Å². The summed E-state index contributed by atoms with van der Waals surface area (Å²) in [7, 11) is -1.41. The lowest BCUT2D eigenvalue weighted by molar-refractivity contribution is 0.00549. The van der Waals surface area contributed by atoms with Crippen LogP contribution in [-0.4, -0.2) is 34.4 Å². The first-order chi connectivity index (χ1) is 9.13. The van der Waals surface area contributed by atoms with Crippen LogP contribution in [0.2, 0.25) is 0 Å². The van der Waals surface area contributed by atoms with Gasteiger partial charge in [-0.1, -0.05) is 6.07 Å². The number of hydrogen-bond donors (Lipinski definition) is 2. The Kier molecular flexibility index (Phi) is 3.68. The molecule has 0 aliphatic carbocycles. The minimum atomic E-state index is -1.41. The van der Waals surface area contributed by atoms with Gasteiger partial charge >= 0.3 is 0 Å². The molecule has 1 saturated heterocycles. The van der Waals surface area contributed by atoms with Gasteiger partial charge in [-0.25, -0.2) is 9.35 Å². The summed E-state index contributed by atoms with van der Waals surface area (Å²) in [5.41, 5.74) is 8.46. The Morgan fingerprint density at radius 2 is 2.05 bits per heavy atom. The zero-order valence-electron chi connectivity index (χ0n) is 10.7. The van der Waals surface area contributed by atoms with Crippen molar-refractivity contribution in [3.8, 4) is 0 Å². The predicted molar refractivity (Wildman–Crippen MR) is 73.5 cm³/mol. The summed E-state index contributed by atoms with van der Waals surface area (Å²) in [6.45, 7) is 3.18. The van der Waals surface area contributed by atoms with Crippen LogP contribution < -0.4 is 10.9 Å². The van der Waals surface area contributed by atoms with Crippen LogP contribution in [0, 0.1) is 0 Å². The van der Waals surface area contributed by atoms with Gasteiger partial charge in [-0.05, 0) is 29.7 Å². The van der Waals surface area contributed by atoms with E-state index in [-0.39, 0.29) is 6.04 Å². The van der Waals surface area contributed by atoms with Gasteiger partial charge in [-0.2, -0.15) is 0 Å². The fourth-order valence-corrected chi connectivity index (χ4v) is 3.34. The van der Waals surface area contributed by atoms with E-state index in [0.717, 1.165) is 26.1 Å². The molecule has 104 valence electrons. The maximum Gasteiger partial charge on any atom is 0.122 e. The Bertz CT molecular complexity index is 509. The third kappa shape index (κ3) is 2.73. The van der Waals surface area contributed by atoms with Gasteiger partial charge in [-0.3, -0.25) is 4.90 Å². The summed E-state index contributed by atoms with van der Waals surface area (Å²) in [5, 5.41) is 5.43. The number of nitrogens with two attached hydrogens (primary N) is 2. The van der Waals surface area contributed by atoms with Crippen molar-refractivity contribution in [3.63, 3.8) is 0 Å². The first kappa shape index (κ1) is 13.2. The fourth-order valence-electron chi connectivity index (χ4n) is 2.88. The van der Waals surface area contributed by atoms with E-state index in [0.29, 0.717) is 17.5 Å². The van der Waals surface area contributed by atoms with E-state index in [1.54, 1.807) is 0 Å². The Hall–Kier alpha value is -0.790. The zero-order valence-corrected chi connectivity index (χ0v) is 11.6. The minimum Gasteiger partial charge on any atom is -0.378 e. The van der Waals surface area contributed by atoms with Crippen LogP contribution in [0.5, 0.6) is 0 Å². The molecule has 6 heteroatoms. The summed E-state index contributed by atoms with van der Waals surface area (Å²) in [6.07, 6.45) is 0.976. The van der Waals surface area contributed by atoms with Crippen molar-refractivity contribution in [2.24, 2.45) is 10.9 Å². The third-order valence-electron chi connectivity index (χ3n) is 3.89. The fraction of sp³-hybridized carbons (Fsp3) is 0.538. The topological polar surface area (TPSA) is 81.6 Å². The molecule has 0 amide bonds. The third-order valence-corrected chi connectivity index (χ3v) is 4.61. The van der Waals surface area contributed by atoms with Crippen LogP contribution in [0.1, 0.15) is 17.5 Å². The SMILES string of the molecule is NC1COCC(N2Cc3ccc(S(N)=O)cc3C2)C1. The molecule has 3 unspecified atom stereocenters. The number of rotatable bonds is 2. The Morgan fingerprint density at radius 1 is 1.26 bits per heavy atom. The number of fused-ring (bicyclic) bond motifs is 1. The molecule has 3 rings (SSSR count). The van der Waals surface area contributed by atoms with Gasteiger partial charge in [0.05, 0.1) is 18.1 Å². The van der Waals surface area contributed by atoms with Crippen molar-refractivity contribution in [1.82, 2.24) is 4.90 Å². The van der Waals surface area contributed by atoms with E-state index in [1.807, 2.05) is 18.2 Å². The standard InChI is InChI=1S/C13H19N3O2S/c14-11-4-12(8-18-7-11)16-5-9-1-2-13(19(15)17)3-10(9)6-16/h1-3,11-12H,4-8,14-15H2. The molecule has 1 fully saturated rings. The summed E-state index contributed by atoms with van der Waals surface area (Å²) in [6, 6.07) is 6.34. The number of nitrogens with zero attached hydrogens (tertiary/aromatic N) is 1. The van der Waals surface area contributed by atoms with Crippen LogP contribution in [0.25, 0.3) is 0 Å². The van der Waals surface area contributed by atoms with Gasteiger partial charge in [0.15, 0.2) is 0 Å². The molecular weight excluding hydrogens is 262 g/mol. The van der Waals surface area contributed by atoms with E-state index in [9.17, 15) is 4.21 Å². The maximum absolute atomic E-state index is 11.3. The molecule has 0 bridgehead atoms. The first-order valence-corrected chi connectivity index (χ1v) is 7.70. The Morgan fingerprint density at radius 3 is 2.79 bits per heavy atom. The lowest BCUT2D eigenvalue weighted by atomic mass is 10.1. The highest BCUT2D eigenvalue weighted by molar-refractivity contribution is 7.82. The Labute approximate surface area is 115 Å². The molecule has 0 aromatic heterocycles. The van der Waals surface area contributed by atoms with Crippen LogP contribution in [-0.2, 0) is 28.8 Å². The Balaban J connectivity index is 1.74. The van der Waals surface area contributed by atoms with Gasteiger partial charge in [0.25, 0.3) is 0 Å². The molecule has 1 aromatic rings. The highest BCUT2D eigenvalue weighted by Gasteiger charge is 2.30. The van der Waals surface area contributed by atoms with Gasteiger partial charge in [0.2, 0.25) is 0 Å². The average molecular weight is 281 g/mol. The minimum absolute atomic E-state index is 0.134. The van der Waals surface area contributed by atoms with Crippen LogP contribution in [0.15, 0.2) is 23.1 Å². The van der Waals surface area contributed by atoms with Gasteiger partial charge < -0.3 is 10.5 Å². The van der Waals surface area contributed by atoms with Gasteiger partial charge in [0.1, 0.15) is 11.0 Å². The molecule has 1 aromatic carbocycles. The number of ether oxygens (including phenoxy) is 1. The van der Waals surface area contributed by atoms with Crippen molar-refractivity contribution in [2.45, 2.75) is 36.5 Å². The molecule has 0 spiro atoms. The second-order valence-electron chi connectivity index (χ2n) is 5.32. The van der Waals surface area contributed by atoms with Crippen molar-refractivity contribution in [1.29, 1.82) is 0 Å². The normalized spacial score (nSPS) is 29.2. The van der Waals surface area contributed by atoms with E-state index >= 15 is 0 Å². The second kappa shape index (κ2) is 5.30.